The first-order valence-electron chi connectivity index (χ1n) is 10.8. The van der Waals surface area contributed by atoms with Crippen LogP contribution in [0.5, 0.6) is 11.5 Å². The van der Waals surface area contributed by atoms with E-state index in [1.165, 1.54) is 11.3 Å². The van der Waals surface area contributed by atoms with Gasteiger partial charge < -0.3 is 9.47 Å². The monoisotopic (exact) mass is 513 g/mol. The van der Waals surface area contributed by atoms with Crippen molar-refractivity contribution in [3.63, 3.8) is 0 Å². The average molecular weight is 514 g/mol. The Balaban J connectivity index is 1.70. The zero-order chi connectivity index (χ0) is 24.7. The van der Waals surface area contributed by atoms with E-state index in [9.17, 15) is 13.2 Å². The largest absolute Gasteiger partial charge is 0.493 e. The van der Waals surface area contributed by atoms with Gasteiger partial charge in [-0.3, -0.25) is 10.1 Å². The molecule has 35 heavy (non-hydrogen) atoms. The Morgan fingerprint density at radius 3 is 2.66 bits per heavy atom. The molecule has 1 fully saturated rings. The van der Waals surface area contributed by atoms with Gasteiger partial charge in [-0.2, -0.15) is 5.10 Å². The van der Waals surface area contributed by atoms with Crippen LogP contribution in [0.3, 0.4) is 0 Å². The van der Waals surface area contributed by atoms with E-state index in [4.69, 9.17) is 14.5 Å². The maximum Gasteiger partial charge on any atom is 0.258 e. The van der Waals surface area contributed by atoms with Crippen molar-refractivity contribution in [2.24, 2.45) is 0 Å². The minimum absolute atomic E-state index is 0.00781. The van der Waals surface area contributed by atoms with Crippen LogP contribution in [0.2, 0.25) is 0 Å². The number of nitrogens with zero attached hydrogens (tertiary/aromatic N) is 4. The Bertz CT molecular complexity index is 1530. The van der Waals surface area contributed by atoms with Crippen LogP contribution in [0.4, 0.5) is 5.13 Å². The number of aryl methyl sites for hydroxylation is 1. The Kier molecular flexibility index (Phi) is 5.93. The van der Waals surface area contributed by atoms with Gasteiger partial charge in [0.15, 0.2) is 32.1 Å². The topological polar surface area (TPSA) is 125 Å². The molecule has 1 unspecified atom stereocenters. The molecule has 182 valence electrons. The molecule has 1 aromatic carbocycles. The molecule has 0 saturated carbocycles. The Morgan fingerprint density at radius 2 is 2.00 bits per heavy atom. The number of aromatic nitrogens is 4. The summed E-state index contributed by atoms with van der Waals surface area (Å²) in [6, 6.07) is 6.73. The van der Waals surface area contributed by atoms with Gasteiger partial charge in [0.05, 0.1) is 54.1 Å². The number of hydrogen-bond acceptors (Lipinski definition) is 9. The smallest absolute Gasteiger partial charge is 0.258 e. The van der Waals surface area contributed by atoms with E-state index in [1.54, 1.807) is 55.6 Å². The normalized spacial score (nSPS) is 16.9. The summed E-state index contributed by atoms with van der Waals surface area (Å²) < 4.78 is 36.8. The highest BCUT2D eigenvalue weighted by Gasteiger charge is 2.32. The highest BCUT2D eigenvalue weighted by atomic mass is 32.2. The van der Waals surface area contributed by atoms with Gasteiger partial charge in [-0.05, 0) is 37.6 Å². The van der Waals surface area contributed by atoms with E-state index in [0.29, 0.717) is 56.6 Å². The molecule has 4 aromatic rings. The minimum atomic E-state index is -3.15. The van der Waals surface area contributed by atoms with Gasteiger partial charge >= 0.3 is 0 Å². The fourth-order valence-electron chi connectivity index (χ4n) is 4.31. The predicted molar refractivity (Wildman–Crippen MR) is 133 cm³/mol. The number of nitrogens with one attached hydrogen (secondary N) is 1. The van der Waals surface area contributed by atoms with Gasteiger partial charge in [0.25, 0.3) is 5.91 Å². The molecule has 0 bridgehead atoms. The van der Waals surface area contributed by atoms with Crippen LogP contribution in [-0.4, -0.2) is 59.8 Å². The summed E-state index contributed by atoms with van der Waals surface area (Å²) >= 11 is 1.31. The molecule has 10 nitrogen and oxygen atoms in total. The van der Waals surface area contributed by atoms with Crippen LogP contribution in [-0.2, 0) is 9.84 Å². The number of amides is 1. The van der Waals surface area contributed by atoms with E-state index in [1.807, 2.05) is 6.07 Å². The number of fused-ring (bicyclic) bond motifs is 1. The van der Waals surface area contributed by atoms with Crippen LogP contribution in [0, 0.1) is 6.92 Å². The summed E-state index contributed by atoms with van der Waals surface area (Å²) in [4.78, 5) is 22.4. The van der Waals surface area contributed by atoms with Crippen molar-refractivity contribution >= 4 is 43.2 Å². The predicted octanol–water partition coefficient (Wildman–Crippen LogP) is 3.49. The van der Waals surface area contributed by atoms with Gasteiger partial charge in [-0.15, -0.1) is 11.3 Å². The second kappa shape index (κ2) is 8.93. The highest BCUT2D eigenvalue weighted by molar-refractivity contribution is 7.91. The fraction of sp³-hybridized carbons (Fsp3) is 0.304. The zero-order valence-electron chi connectivity index (χ0n) is 19.3. The summed E-state index contributed by atoms with van der Waals surface area (Å²) in [5.41, 5.74) is 2.66. The van der Waals surface area contributed by atoms with Crippen LogP contribution in [0.25, 0.3) is 22.3 Å². The molecule has 5 rings (SSSR count). The number of benzene rings is 1. The molecular weight excluding hydrogens is 490 g/mol. The molecule has 1 saturated heterocycles. The molecular formula is C23H23N5O5S2. The van der Waals surface area contributed by atoms with E-state index in [0.717, 1.165) is 0 Å². The van der Waals surface area contributed by atoms with Gasteiger partial charge in [-0.25, -0.2) is 23.1 Å². The second-order valence-corrected chi connectivity index (χ2v) is 11.3. The number of sulfone groups is 1. The molecule has 1 aliphatic rings. The SMILES string of the molecule is COc1ccc(-c2cc(C(=O)Nc3nccs3)c3c(C)nn(C4CCS(=O)(=O)C4)c3n2)cc1OC. The van der Waals surface area contributed by atoms with Crippen molar-refractivity contribution in [2.75, 3.05) is 31.0 Å². The van der Waals surface area contributed by atoms with Crippen molar-refractivity contribution in [3.8, 4) is 22.8 Å². The number of thiazole rings is 1. The van der Waals surface area contributed by atoms with Crippen molar-refractivity contribution in [1.82, 2.24) is 19.7 Å². The molecule has 0 aliphatic carbocycles. The highest BCUT2D eigenvalue weighted by Crippen LogP contribution is 2.35. The maximum atomic E-state index is 13.4. The van der Waals surface area contributed by atoms with E-state index >= 15 is 0 Å². The first-order chi connectivity index (χ1) is 16.8. The van der Waals surface area contributed by atoms with Gasteiger partial charge in [0.1, 0.15) is 0 Å². The second-order valence-electron chi connectivity index (χ2n) is 8.20. The molecule has 1 amide bonds. The number of rotatable bonds is 6. The number of carbonyl (C=O) groups excluding carboxylic acids is 1. The average Bonchev–Trinajstić information content (AvgIpc) is 3.57. The number of hydrogen-bond donors (Lipinski definition) is 1. The number of pyridine rings is 1. The Labute approximate surface area is 205 Å². The van der Waals surface area contributed by atoms with Crippen LogP contribution in [0.1, 0.15) is 28.5 Å². The van der Waals surface area contributed by atoms with E-state index in [-0.39, 0.29) is 23.5 Å². The summed E-state index contributed by atoms with van der Waals surface area (Å²) in [5, 5.41) is 10.3. The summed E-state index contributed by atoms with van der Waals surface area (Å²) in [5.74, 6) is 0.830. The van der Waals surface area contributed by atoms with E-state index < -0.39 is 9.84 Å². The molecule has 1 N–H and O–H groups in total. The lowest BCUT2D eigenvalue weighted by Crippen LogP contribution is -2.15. The third-order valence-corrected chi connectivity index (χ3v) is 8.41. The van der Waals surface area contributed by atoms with Crippen LogP contribution in [0.15, 0.2) is 35.8 Å². The standard InChI is InChI=1S/C23H23N5O5S2/c1-13-20-16(22(29)26-23-24-7-8-34-23)11-17(14-4-5-18(32-2)19(10-14)33-3)25-21(20)28(27-13)15-6-9-35(30,31)12-15/h4-5,7-8,10-11,15H,6,9,12H2,1-3H3,(H,24,26,29). The maximum absolute atomic E-state index is 13.4. The number of ether oxygens (including phenoxy) is 2. The quantitative estimate of drug-likeness (QED) is 0.415. The molecule has 0 spiro atoms. The van der Waals surface area contributed by atoms with Crippen molar-refractivity contribution in [1.29, 1.82) is 0 Å². The lowest BCUT2D eigenvalue weighted by atomic mass is 10.0. The van der Waals surface area contributed by atoms with Crippen molar-refractivity contribution in [3.05, 3.63) is 47.1 Å². The van der Waals surface area contributed by atoms with Crippen LogP contribution >= 0.6 is 11.3 Å². The summed E-state index contributed by atoms with van der Waals surface area (Å²) in [7, 11) is -0.0468. The van der Waals surface area contributed by atoms with Gasteiger partial charge in [0, 0.05) is 17.1 Å². The summed E-state index contributed by atoms with van der Waals surface area (Å²) in [6.45, 7) is 1.79. The van der Waals surface area contributed by atoms with Crippen molar-refractivity contribution in [2.45, 2.75) is 19.4 Å². The summed E-state index contributed by atoms with van der Waals surface area (Å²) in [6.07, 6.45) is 2.06. The Morgan fingerprint density at radius 1 is 1.20 bits per heavy atom. The molecule has 0 radical (unpaired) electrons. The van der Waals surface area contributed by atoms with Gasteiger partial charge in [0.2, 0.25) is 0 Å². The lowest BCUT2D eigenvalue weighted by Gasteiger charge is -2.13. The molecule has 12 heteroatoms. The molecule has 1 aliphatic heterocycles. The molecule has 4 heterocycles. The fourth-order valence-corrected chi connectivity index (χ4v) is 6.52. The first kappa shape index (κ1) is 23.2. The molecule has 1 atom stereocenters. The number of methoxy groups -OCH3 is 2. The third kappa shape index (κ3) is 4.34. The van der Waals surface area contributed by atoms with E-state index in [2.05, 4.69) is 15.4 Å². The minimum Gasteiger partial charge on any atom is -0.493 e. The lowest BCUT2D eigenvalue weighted by molar-refractivity contribution is 0.102. The Hall–Kier alpha value is -3.51. The van der Waals surface area contributed by atoms with Crippen LogP contribution < -0.4 is 14.8 Å². The number of carbonyl (C=O) groups is 1. The zero-order valence-corrected chi connectivity index (χ0v) is 20.9. The number of anilines is 1. The third-order valence-electron chi connectivity index (χ3n) is 5.97. The first-order valence-corrected chi connectivity index (χ1v) is 13.5. The van der Waals surface area contributed by atoms with Crippen molar-refractivity contribution < 1.29 is 22.7 Å². The molecule has 3 aromatic heterocycles. The van der Waals surface area contributed by atoms with Gasteiger partial charge in [-0.1, -0.05) is 0 Å².